The van der Waals surface area contributed by atoms with E-state index in [0.717, 1.165) is 12.4 Å². The van der Waals surface area contributed by atoms with Gasteiger partial charge in [-0.1, -0.05) is 0 Å². The van der Waals surface area contributed by atoms with Crippen molar-refractivity contribution in [2.75, 3.05) is 5.73 Å². The summed E-state index contributed by atoms with van der Waals surface area (Å²) < 4.78 is 24.3. The Morgan fingerprint density at radius 1 is 1.54 bits per heavy atom. The van der Waals surface area contributed by atoms with E-state index in [2.05, 4.69) is 4.98 Å². The quantitative estimate of drug-likeness (QED) is 0.733. The molecule has 0 spiro atoms. The molecule has 70 valence electrons. The van der Waals surface area contributed by atoms with Crippen molar-refractivity contribution in [2.45, 2.75) is 6.43 Å². The van der Waals surface area contributed by atoms with Crippen LogP contribution in [0.1, 0.15) is 22.3 Å². The Morgan fingerprint density at radius 3 is 2.62 bits per heavy atom. The first-order valence-electron chi connectivity index (χ1n) is 3.29. The van der Waals surface area contributed by atoms with E-state index >= 15 is 0 Å². The van der Waals surface area contributed by atoms with Crippen LogP contribution in [0.25, 0.3) is 0 Å². The summed E-state index contributed by atoms with van der Waals surface area (Å²) in [6, 6.07) is 0. The van der Waals surface area contributed by atoms with E-state index in [1.165, 1.54) is 0 Å². The van der Waals surface area contributed by atoms with E-state index in [1.807, 2.05) is 0 Å². The van der Waals surface area contributed by atoms with Gasteiger partial charge in [-0.3, -0.25) is 4.98 Å². The van der Waals surface area contributed by atoms with E-state index in [0.29, 0.717) is 0 Å². The van der Waals surface area contributed by atoms with Crippen molar-refractivity contribution in [3.05, 3.63) is 23.5 Å². The number of aromatic nitrogens is 1. The van der Waals surface area contributed by atoms with Gasteiger partial charge >= 0.3 is 5.97 Å². The first kappa shape index (κ1) is 9.37. The number of halogens is 2. The zero-order chi connectivity index (χ0) is 10.0. The van der Waals surface area contributed by atoms with E-state index in [1.54, 1.807) is 0 Å². The van der Waals surface area contributed by atoms with Gasteiger partial charge in [0.1, 0.15) is 5.56 Å². The van der Waals surface area contributed by atoms with Crippen molar-refractivity contribution in [3.8, 4) is 0 Å². The fourth-order valence-electron chi connectivity index (χ4n) is 0.831. The predicted octanol–water partition coefficient (Wildman–Crippen LogP) is 1.30. The fraction of sp³-hybridized carbons (Fsp3) is 0.143. The van der Waals surface area contributed by atoms with Crippen LogP contribution in [0.15, 0.2) is 12.4 Å². The van der Waals surface area contributed by atoms with Gasteiger partial charge in [0.05, 0.1) is 11.3 Å². The number of nitrogens with two attached hydrogens (primary N) is 1. The molecular formula is C7H6F2N2O2. The van der Waals surface area contributed by atoms with Gasteiger partial charge in [0.2, 0.25) is 0 Å². The lowest BCUT2D eigenvalue weighted by atomic mass is 10.1. The Balaban J connectivity index is 3.26. The molecule has 0 radical (unpaired) electrons. The molecule has 0 aliphatic rings. The number of nitrogen functional groups attached to an aromatic ring is 1. The summed E-state index contributed by atoms with van der Waals surface area (Å²) in [5.41, 5.74) is 3.79. The Bertz CT molecular complexity index is 341. The highest BCUT2D eigenvalue weighted by Crippen LogP contribution is 2.26. The molecule has 4 nitrogen and oxygen atoms in total. The van der Waals surface area contributed by atoms with Crippen molar-refractivity contribution >= 4 is 11.7 Å². The van der Waals surface area contributed by atoms with E-state index < -0.39 is 29.2 Å². The average Bonchev–Trinajstić information content (AvgIpc) is 2.03. The van der Waals surface area contributed by atoms with Crippen LogP contribution in [0, 0.1) is 0 Å². The van der Waals surface area contributed by atoms with Gasteiger partial charge in [-0.05, 0) is 0 Å². The summed E-state index contributed by atoms with van der Waals surface area (Å²) in [5.74, 6) is -1.37. The molecule has 1 heterocycles. The van der Waals surface area contributed by atoms with Gasteiger partial charge < -0.3 is 10.8 Å². The lowest BCUT2D eigenvalue weighted by Crippen LogP contribution is -2.06. The number of aromatic carboxylic acids is 1. The third-order valence-corrected chi connectivity index (χ3v) is 1.48. The van der Waals surface area contributed by atoms with Crippen LogP contribution < -0.4 is 5.73 Å². The van der Waals surface area contributed by atoms with Crippen LogP contribution in [0.2, 0.25) is 0 Å². The molecule has 0 fully saturated rings. The minimum absolute atomic E-state index is 0.405. The predicted molar refractivity (Wildman–Crippen MR) is 40.6 cm³/mol. The number of hydrogen-bond donors (Lipinski definition) is 2. The highest BCUT2D eigenvalue weighted by molar-refractivity contribution is 5.93. The maximum Gasteiger partial charge on any atom is 0.339 e. The van der Waals surface area contributed by atoms with Crippen LogP contribution in [0.5, 0.6) is 0 Å². The van der Waals surface area contributed by atoms with Crippen LogP contribution >= 0.6 is 0 Å². The molecule has 1 rings (SSSR count). The zero-order valence-electron chi connectivity index (χ0n) is 6.37. The highest BCUT2D eigenvalue weighted by Gasteiger charge is 2.17. The molecule has 0 aliphatic heterocycles. The first-order valence-corrected chi connectivity index (χ1v) is 3.29. The number of carboxylic acids is 1. The Hall–Kier alpha value is -1.72. The van der Waals surface area contributed by atoms with E-state index in [-0.39, 0.29) is 0 Å². The van der Waals surface area contributed by atoms with Crippen molar-refractivity contribution in [2.24, 2.45) is 0 Å². The van der Waals surface area contributed by atoms with Crippen molar-refractivity contribution in [3.63, 3.8) is 0 Å². The molecule has 0 saturated carbocycles. The Labute approximate surface area is 72.0 Å². The number of hydrogen-bond acceptors (Lipinski definition) is 3. The lowest BCUT2D eigenvalue weighted by molar-refractivity contribution is 0.0697. The average molecular weight is 188 g/mol. The maximum absolute atomic E-state index is 12.2. The molecule has 0 unspecified atom stereocenters. The van der Waals surface area contributed by atoms with Gasteiger partial charge in [0.25, 0.3) is 6.43 Å². The molecule has 1 aromatic rings. The standard InChI is InChI=1S/C7H6F2N2O2/c8-6(9)3-1-11-2-4(5(3)10)7(12)13/h1-2,6H,(H2,10,11)(H,12,13). The molecule has 13 heavy (non-hydrogen) atoms. The van der Waals surface area contributed by atoms with Crippen molar-refractivity contribution in [1.29, 1.82) is 0 Å². The topological polar surface area (TPSA) is 76.2 Å². The van der Waals surface area contributed by atoms with E-state index in [4.69, 9.17) is 10.8 Å². The van der Waals surface area contributed by atoms with Gasteiger partial charge in [-0.15, -0.1) is 0 Å². The smallest absolute Gasteiger partial charge is 0.339 e. The summed E-state index contributed by atoms with van der Waals surface area (Å²) in [6.45, 7) is 0. The number of carbonyl (C=O) groups is 1. The number of pyridine rings is 1. The Morgan fingerprint density at radius 2 is 2.15 bits per heavy atom. The van der Waals surface area contributed by atoms with Crippen molar-refractivity contribution in [1.82, 2.24) is 4.98 Å². The minimum atomic E-state index is -2.81. The maximum atomic E-state index is 12.2. The largest absolute Gasteiger partial charge is 0.478 e. The summed E-state index contributed by atoms with van der Waals surface area (Å²) in [5, 5.41) is 8.51. The first-order chi connectivity index (χ1) is 6.04. The summed E-state index contributed by atoms with van der Waals surface area (Å²) in [6.07, 6.45) is -1.03. The molecule has 6 heteroatoms. The molecule has 1 aromatic heterocycles. The third kappa shape index (κ3) is 1.71. The normalized spacial score (nSPS) is 10.4. The highest BCUT2D eigenvalue weighted by atomic mass is 19.3. The minimum Gasteiger partial charge on any atom is -0.478 e. The van der Waals surface area contributed by atoms with Crippen LogP contribution in [-0.4, -0.2) is 16.1 Å². The number of alkyl halides is 2. The second-order valence-corrected chi connectivity index (χ2v) is 2.30. The second-order valence-electron chi connectivity index (χ2n) is 2.30. The van der Waals surface area contributed by atoms with Gasteiger partial charge in [0.15, 0.2) is 0 Å². The molecule has 0 bridgehead atoms. The molecule has 0 atom stereocenters. The molecular weight excluding hydrogens is 182 g/mol. The van der Waals surface area contributed by atoms with Gasteiger partial charge in [0, 0.05) is 12.4 Å². The van der Waals surface area contributed by atoms with Crippen LogP contribution in [0.3, 0.4) is 0 Å². The zero-order valence-corrected chi connectivity index (χ0v) is 6.37. The number of rotatable bonds is 2. The van der Waals surface area contributed by atoms with E-state index in [9.17, 15) is 13.6 Å². The molecule has 0 saturated heterocycles. The number of anilines is 1. The number of nitrogens with zero attached hydrogens (tertiary/aromatic N) is 1. The summed E-state index contributed by atoms with van der Waals surface area (Å²) in [7, 11) is 0. The number of carboxylic acid groups (broad SMARTS) is 1. The molecule has 3 N–H and O–H groups in total. The fourth-order valence-corrected chi connectivity index (χ4v) is 0.831. The van der Waals surface area contributed by atoms with Gasteiger partial charge in [-0.2, -0.15) is 0 Å². The molecule has 0 amide bonds. The molecule has 0 aromatic carbocycles. The lowest BCUT2D eigenvalue weighted by Gasteiger charge is -2.05. The van der Waals surface area contributed by atoms with Crippen LogP contribution in [0.4, 0.5) is 14.5 Å². The third-order valence-electron chi connectivity index (χ3n) is 1.48. The Kier molecular flexibility index (Phi) is 2.41. The second kappa shape index (κ2) is 3.34. The summed E-state index contributed by atoms with van der Waals surface area (Å²) in [4.78, 5) is 13.8. The monoisotopic (exact) mass is 188 g/mol. The SMILES string of the molecule is Nc1c(C(=O)O)cncc1C(F)F. The molecule has 0 aliphatic carbocycles. The summed E-state index contributed by atoms with van der Waals surface area (Å²) >= 11 is 0. The van der Waals surface area contributed by atoms with Gasteiger partial charge in [-0.25, -0.2) is 13.6 Å². The van der Waals surface area contributed by atoms with Crippen LogP contribution in [-0.2, 0) is 0 Å². The van der Waals surface area contributed by atoms with Crippen molar-refractivity contribution < 1.29 is 18.7 Å².